The van der Waals surface area contributed by atoms with Gasteiger partial charge in [-0.1, -0.05) is 35.5 Å². The summed E-state index contributed by atoms with van der Waals surface area (Å²) in [5, 5.41) is 4.10. The molecule has 0 saturated carbocycles. The van der Waals surface area contributed by atoms with Crippen LogP contribution in [0.2, 0.25) is 0 Å². The number of rotatable bonds is 9. The van der Waals surface area contributed by atoms with Crippen LogP contribution in [0, 0.1) is 0 Å². The van der Waals surface area contributed by atoms with Crippen LogP contribution >= 0.6 is 24.8 Å². The van der Waals surface area contributed by atoms with Gasteiger partial charge in [-0.15, -0.1) is 17.0 Å². The Bertz CT molecular complexity index is 1260. The lowest BCUT2D eigenvalue weighted by atomic mass is 10.1. The van der Waals surface area contributed by atoms with Gasteiger partial charge in [0.25, 0.3) is 13.6 Å². The number of hydrogen-bond donors (Lipinski definition) is 2. The topological polar surface area (TPSA) is 148 Å². The van der Waals surface area contributed by atoms with Crippen molar-refractivity contribution in [1.29, 1.82) is 0 Å². The van der Waals surface area contributed by atoms with Crippen molar-refractivity contribution in [3.05, 3.63) is 89.9 Å². The number of pyridine rings is 2. The van der Waals surface area contributed by atoms with E-state index in [0.29, 0.717) is 35.9 Å². The van der Waals surface area contributed by atoms with Crippen LogP contribution in [0.15, 0.2) is 77.6 Å². The molecule has 0 amide bonds. The molecule has 1 aromatic carbocycles. The number of benzene rings is 1. The van der Waals surface area contributed by atoms with Gasteiger partial charge in [0.2, 0.25) is 5.88 Å². The van der Waals surface area contributed by atoms with Crippen molar-refractivity contribution in [3.8, 4) is 17.2 Å². The summed E-state index contributed by atoms with van der Waals surface area (Å²) >= 11 is 0. The molecule has 0 bridgehead atoms. The van der Waals surface area contributed by atoms with Crippen molar-refractivity contribution in [2.24, 2.45) is 0 Å². The summed E-state index contributed by atoms with van der Waals surface area (Å²) in [6, 6.07) is 18.6. The smallest absolute Gasteiger partial charge is 0.285 e. The first-order valence-electron chi connectivity index (χ1n) is 9.91. The minimum Gasteiger partial charge on any atom is -0.756 e. The first-order chi connectivity index (χ1) is 15.9. The number of nitrogens with zero attached hydrogens (tertiary/aromatic N) is 3. The minimum absolute atomic E-state index is 0. The number of nitrogen functional groups attached to an aromatic ring is 1. The second-order valence-electron chi connectivity index (χ2n) is 7.14. The van der Waals surface area contributed by atoms with Gasteiger partial charge in [0, 0.05) is 24.8 Å². The van der Waals surface area contributed by atoms with Crippen LogP contribution in [-0.4, -0.2) is 15.0 Å². The first-order valence-corrected chi connectivity index (χ1v) is 11.4. The van der Waals surface area contributed by atoms with Crippen LogP contribution in [0.25, 0.3) is 11.3 Å². The maximum atomic E-state index is 10.8. The Morgan fingerprint density at radius 2 is 1.88 bits per heavy atom. The standard InChI is InChI=1S/C22H21N4O6P.BrH/c23-22-19(4-3-11-26(22)15-31-33(27,28)29)20-13-18(25-32-20)12-16-6-8-17(9-7-16)14-30-21-5-1-2-10-24-21;/h1-11,13,23H,12,14-15H2,(H2,27,28,29);1H. The third kappa shape index (κ3) is 6.96. The highest BCUT2D eigenvalue weighted by atomic mass is 79.9. The fourth-order valence-electron chi connectivity index (χ4n) is 3.09. The molecule has 12 heteroatoms. The average molecular weight is 549 g/mol. The molecule has 1 atom stereocenters. The molecule has 10 nitrogen and oxygen atoms in total. The Labute approximate surface area is 206 Å². The van der Waals surface area contributed by atoms with Crippen LogP contribution in [0.3, 0.4) is 0 Å². The van der Waals surface area contributed by atoms with Crippen molar-refractivity contribution in [2.75, 3.05) is 5.73 Å². The minimum atomic E-state index is -4.87. The quantitative estimate of drug-likeness (QED) is 0.238. The average Bonchev–Trinajstić information content (AvgIpc) is 3.26. The fourth-order valence-corrected chi connectivity index (χ4v) is 3.36. The van der Waals surface area contributed by atoms with Crippen molar-refractivity contribution in [2.45, 2.75) is 19.8 Å². The van der Waals surface area contributed by atoms with Crippen LogP contribution in [0.4, 0.5) is 5.82 Å². The molecule has 0 saturated heterocycles. The van der Waals surface area contributed by atoms with E-state index in [4.69, 9.17) is 19.9 Å². The lowest BCUT2D eigenvalue weighted by Crippen LogP contribution is -2.38. The number of phosphoric acid groups is 1. The summed E-state index contributed by atoms with van der Waals surface area (Å²) in [7, 11) is -4.87. The van der Waals surface area contributed by atoms with E-state index in [0.717, 1.165) is 11.1 Å². The van der Waals surface area contributed by atoms with Gasteiger partial charge in [0.1, 0.15) is 12.2 Å². The summed E-state index contributed by atoms with van der Waals surface area (Å²) in [5.74, 6) is 1.20. The van der Waals surface area contributed by atoms with Crippen molar-refractivity contribution < 1.29 is 32.7 Å². The highest BCUT2D eigenvalue weighted by molar-refractivity contribution is 8.93. The van der Waals surface area contributed by atoms with Gasteiger partial charge in [-0.3, -0.25) is 14.8 Å². The van der Waals surface area contributed by atoms with Gasteiger partial charge >= 0.3 is 0 Å². The lowest BCUT2D eigenvalue weighted by Gasteiger charge is -2.14. The molecule has 0 spiro atoms. The second kappa shape index (κ2) is 11.4. The molecule has 0 aliphatic rings. The zero-order chi connectivity index (χ0) is 23.3. The number of ether oxygens (including phenoxy) is 1. The molecule has 3 N–H and O–H groups in total. The van der Waals surface area contributed by atoms with Gasteiger partial charge in [0.15, 0.2) is 12.5 Å². The Balaban J connectivity index is 0.00000324. The maximum Gasteiger partial charge on any atom is 0.285 e. The predicted octanol–water partition coefficient (Wildman–Crippen LogP) is 2.79. The Kier molecular flexibility index (Phi) is 8.54. The summed E-state index contributed by atoms with van der Waals surface area (Å²) in [6.07, 6.45) is 3.75. The fraction of sp³-hybridized carbons (Fsp3) is 0.136. The number of aromatic nitrogens is 3. The molecular weight excluding hydrogens is 527 g/mol. The van der Waals surface area contributed by atoms with Crippen molar-refractivity contribution in [3.63, 3.8) is 0 Å². The van der Waals surface area contributed by atoms with Crippen LogP contribution < -0.4 is 19.9 Å². The normalized spacial score (nSPS) is 12.5. The number of hydrogen-bond acceptors (Lipinski definition) is 8. The molecule has 1 unspecified atom stereocenters. The first kappa shape index (κ1) is 25.5. The van der Waals surface area contributed by atoms with E-state index >= 15 is 0 Å². The van der Waals surface area contributed by atoms with Crippen LogP contribution in [0.1, 0.15) is 16.8 Å². The molecule has 0 fully saturated rings. The molecule has 4 rings (SSSR count). The Morgan fingerprint density at radius 3 is 2.59 bits per heavy atom. The predicted molar refractivity (Wildman–Crippen MR) is 126 cm³/mol. The summed E-state index contributed by atoms with van der Waals surface area (Å²) in [6.45, 7) is -0.0468. The number of halogens is 1. The van der Waals surface area contributed by atoms with E-state index in [1.54, 1.807) is 30.5 Å². The zero-order valence-electron chi connectivity index (χ0n) is 17.8. The maximum absolute atomic E-state index is 10.8. The van der Waals surface area contributed by atoms with Crippen molar-refractivity contribution in [1.82, 2.24) is 10.1 Å². The van der Waals surface area contributed by atoms with Gasteiger partial charge in [-0.25, -0.2) is 9.55 Å². The zero-order valence-corrected chi connectivity index (χ0v) is 20.4. The van der Waals surface area contributed by atoms with Gasteiger partial charge in [-0.2, -0.15) is 0 Å². The molecule has 4 aromatic rings. The van der Waals surface area contributed by atoms with E-state index < -0.39 is 14.6 Å². The molecule has 0 radical (unpaired) electrons. The van der Waals surface area contributed by atoms with E-state index in [2.05, 4.69) is 14.7 Å². The monoisotopic (exact) mass is 548 g/mol. The highest BCUT2D eigenvalue weighted by Crippen LogP contribution is 2.30. The van der Waals surface area contributed by atoms with E-state index in [1.807, 2.05) is 36.4 Å². The number of phosphoric ester groups is 1. The third-order valence-electron chi connectivity index (χ3n) is 4.73. The molecule has 178 valence electrons. The van der Waals surface area contributed by atoms with Gasteiger partial charge in [-0.05, 0) is 29.3 Å². The molecule has 0 aliphatic carbocycles. The third-order valence-corrected chi connectivity index (χ3v) is 5.17. The largest absolute Gasteiger partial charge is 0.756 e. The van der Waals surface area contributed by atoms with Gasteiger partial charge < -0.3 is 19.0 Å². The molecule has 0 aliphatic heterocycles. The lowest BCUT2D eigenvalue weighted by molar-refractivity contribution is -0.712. The highest BCUT2D eigenvalue weighted by Gasteiger charge is 2.18. The molecule has 3 aromatic heterocycles. The summed E-state index contributed by atoms with van der Waals surface area (Å²) in [4.78, 5) is 23.8. The van der Waals surface area contributed by atoms with E-state index in [9.17, 15) is 9.46 Å². The number of nitrogens with two attached hydrogens (primary N) is 1. The Hall–Kier alpha value is -3.08. The van der Waals surface area contributed by atoms with Gasteiger partial charge in [0.05, 0.1) is 11.9 Å². The summed E-state index contributed by atoms with van der Waals surface area (Å²) < 4.78 is 27.7. The van der Waals surface area contributed by atoms with E-state index in [1.165, 1.54) is 10.8 Å². The number of anilines is 1. The SMILES string of the molecule is Br.Nc1c(-c2cc(Cc3ccc(COc4ccccn4)cc3)no2)ccc[n+]1COP(=O)([O-])O. The molecule has 3 heterocycles. The van der Waals surface area contributed by atoms with E-state index in [-0.39, 0.29) is 22.8 Å². The second-order valence-corrected chi connectivity index (χ2v) is 8.33. The molecule has 34 heavy (non-hydrogen) atoms. The van der Waals surface area contributed by atoms with Crippen molar-refractivity contribution >= 4 is 30.6 Å². The Morgan fingerprint density at radius 1 is 1.12 bits per heavy atom. The molecular formula is C22H22BrN4O6P. The van der Waals surface area contributed by atoms with Crippen LogP contribution in [-0.2, 0) is 28.8 Å². The summed E-state index contributed by atoms with van der Waals surface area (Å²) in [5.41, 5.74) is 9.37. The van der Waals surface area contributed by atoms with Crippen LogP contribution in [0.5, 0.6) is 5.88 Å².